The molecular formula is C28H16N8O2S4. The van der Waals surface area contributed by atoms with Gasteiger partial charge in [-0.05, 0) is 12.1 Å². The van der Waals surface area contributed by atoms with Crippen LogP contribution in [0.3, 0.4) is 0 Å². The molecule has 6 aromatic heterocycles. The van der Waals surface area contributed by atoms with Crippen LogP contribution >= 0.6 is 45.3 Å². The topological polar surface area (TPSA) is 148 Å². The van der Waals surface area contributed by atoms with E-state index in [1.807, 2.05) is 0 Å². The van der Waals surface area contributed by atoms with Gasteiger partial charge in [-0.3, -0.25) is 0 Å². The van der Waals surface area contributed by atoms with E-state index in [1.54, 1.807) is 73.3 Å². The smallest absolute Gasteiger partial charge is 0.219 e. The van der Waals surface area contributed by atoms with Gasteiger partial charge in [-0.1, -0.05) is 0 Å². The number of hydrogen-bond acceptors (Lipinski definition) is 12. The van der Waals surface area contributed by atoms with E-state index in [9.17, 15) is 0 Å². The van der Waals surface area contributed by atoms with E-state index >= 15 is 0 Å². The van der Waals surface area contributed by atoms with Crippen LogP contribution in [0.4, 0.5) is 10.0 Å². The van der Waals surface area contributed by atoms with Gasteiger partial charge in [0, 0.05) is 26.2 Å². The molecular weight excluding hydrogens is 609 g/mol. The Morgan fingerprint density at radius 1 is 0.643 bits per heavy atom. The molecule has 6 aromatic rings. The van der Waals surface area contributed by atoms with E-state index in [0.717, 1.165) is 51.0 Å². The molecule has 0 aliphatic heterocycles. The number of fused-ring (bicyclic) bond motifs is 5. The molecule has 42 heavy (non-hydrogen) atoms. The molecule has 14 heteroatoms. The Morgan fingerprint density at radius 2 is 1.02 bits per heavy atom. The first-order valence-corrected chi connectivity index (χ1v) is 15.3. The summed E-state index contributed by atoms with van der Waals surface area (Å²) < 4.78 is 17.9. The lowest BCUT2D eigenvalue weighted by atomic mass is 10.3. The molecule has 0 spiro atoms. The van der Waals surface area contributed by atoms with Gasteiger partial charge < -0.3 is 18.6 Å². The number of aromatic nitrogens is 2. The number of aliphatic imine (C=N–C) groups is 2. The maximum absolute atomic E-state index is 9.10. The highest BCUT2D eigenvalue weighted by Crippen LogP contribution is 2.52. The summed E-state index contributed by atoms with van der Waals surface area (Å²) in [5, 5.41) is 37.5. The fraction of sp³-hybridized carbons (Fsp3) is 0.143. The summed E-state index contributed by atoms with van der Waals surface area (Å²) in [5.74, 6) is 1.28. The number of nitriles is 4. The highest BCUT2D eigenvalue weighted by atomic mass is 32.1. The fourth-order valence-electron chi connectivity index (χ4n) is 4.75. The third-order valence-electron chi connectivity index (χ3n) is 6.60. The standard InChI is InChI=1S/C28H16N8O2S4/c1-35-15-5-19(27-17(37-3)7-21(41-27)33-13(9-29)10-30)39-25(15)24-23(35)26-16(36(24)2)6-20(40-26)28-18(38-4)8-22(42-28)34-14(11-31)12-32/h5-8H,1-4H3. The molecule has 0 aliphatic carbocycles. The summed E-state index contributed by atoms with van der Waals surface area (Å²) in [5.41, 5.74) is 3.99. The van der Waals surface area contributed by atoms with Gasteiger partial charge in [0.05, 0.1) is 65.2 Å². The summed E-state index contributed by atoms with van der Waals surface area (Å²) in [6, 6.07) is 14.9. The van der Waals surface area contributed by atoms with E-state index < -0.39 is 0 Å². The largest absolute Gasteiger partial charge is 0.495 e. The third kappa shape index (κ3) is 4.14. The second kappa shape index (κ2) is 10.5. The van der Waals surface area contributed by atoms with Crippen LogP contribution in [-0.4, -0.2) is 34.8 Å². The van der Waals surface area contributed by atoms with Gasteiger partial charge in [0.15, 0.2) is 0 Å². The maximum atomic E-state index is 9.10. The molecule has 0 atom stereocenters. The Labute approximate surface area is 254 Å². The summed E-state index contributed by atoms with van der Waals surface area (Å²) in [6.45, 7) is 0. The Kier molecular flexibility index (Phi) is 6.78. The molecule has 10 nitrogen and oxygen atoms in total. The van der Waals surface area contributed by atoms with Crippen LogP contribution in [0.15, 0.2) is 34.3 Å². The number of thiophene rings is 4. The summed E-state index contributed by atoms with van der Waals surface area (Å²) >= 11 is 6.06. The van der Waals surface area contributed by atoms with Gasteiger partial charge >= 0.3 is 0 Å². The van der Waals surface area contributed by atoms with Gasteiger partial charge in [-0.15, -0.1) is 45.3 Å². The lowest BCUT2D eigenvalue weighted by Crippen LogP contribution is -1.85. The lowest BCUT2D eigenvalue weighted by molar-refractivity contribution is 0.418. The second-order valence-electron chi connectivity index (χ2n) is 8.80. The van der Waals surface area contributed by atoms with Crippen LogP contribution in [0.1, 0.15) is 0 Å². The number of hydrogen-bond donors (Lipinski definition) is 0. The van der Waals surface area contributed by atoms with Crippen LogP contribution in [0, 0.1) is 45.3 Å². The molecule has 6 heterocycles. The summed E-state index contributed by atoms with van der Waals surface area (Å²) in [6.07, 6.45) is 0. The predicted molar refractivity (Wildman–Crippen MR) is 169 cm³/mol. The molecule has 204 valence electrons. The molecule has 0 amide bonds. The van der Waals surface area contributed by atoms with Gasteiger partial charge in [-0.25, -0.2) is 9.98 Å². The number of ether oxygens (including phenoxy) is 2. The van der Waals surface area contributed by atoms with Crippen molar-refractivity contribution in [1.82, 2.24) is 9.13 Å². The Balaban J connectivity index is 1.48. The van der Waals surface area contributed by atoms with E-state index in [-0.39, 0.29) is 11.4 Å². The van der Waals surface area contributed by atoms with Crippen molar-refractivity contribution in [3.63, 3.8) is 0 Å². The Hall–Kier alpha value is -4.96. The van der Waals surface area contributed by atoms with Crippen molar-refractivity contribution in [1.29, 1.82) is 21.0 Å². The van der Waals surface area contributed by atoms with Gasteiger partial charge in [0.25, 0.3) is 0 Å². The van der Waals surface area contributed by atoms with Crippen molar-refractivity contribution in [3.05, 3.63) is 24.3 Å². The van der Waals surface area contributed by atoms with Crippen molar-refractivity contribution in [3.8, 4) is 55.3 Å². The second-order valence-corrected chi connectivity index (χ2v) is 13.0. The first-order chi connectivity index (χ1) is 20.3. The molecule has 0 aromatic carbocycles. The van der Waals surface area contributed by atoms with Crippen molar-refractivity contribution in [2.75, 3.05) is 14.2 Å². The third-order valence-corrected chi connectivity index (χ3v) is 11.2. The van der Waals surface area contributed by atoms with E-state index in [4.69, 9.17) is 30.5 Å². The molecule has 0 saturated heterocycles. The fourth-order valence-corrected chi connectivity index (χ4v) is 9.51. The van der Waals surface area contributed by atoms with Crippen LogP contribution in [-0.2, 0) is 14.1 Å². The van der Waals surface area contributed by atoms with Crippen molar-refractivity contribution >= 4 is 98.2 Å². The minimum absolute atomic E-state index is 0.204. The monoisotopic (exact) mass is 624 g/mol. The first kappa shape index (κ1) is 27.2. The molecule has 0 aliphatic rings. The highest BCUT2D eigenvalue weighted by molar-refractivity contribution is 7.29. The van der Waals surface area contributed by atoms with Crippen LogP contribution in [0.2, 0.25) is 0 Å². The summed E-state index contributed by atoms with van der Waals surface area (Å²) in [4.78, 5) is 12.1. The predicted octanol–water partition coefficient (Wildman–Crippen LogP) is 7.66. The Morgan fingerprint density at radius 3 is 1.36 bits per heavy atom. The zero-order chi connectivity index (χ0) is 29.7. The number of nitrogens with zero attached hydrogens (tertiary/aromatic N) is 8. The average Bonchev–Trinajstić information content (AvgIpc) is 3.83. The van der Waals surface area contributed by atoms with Gasteiger partial charge in [-0.2, -0.15) is 21.0 Å². The number of rotatable bonds is 6. The van der Waals surface area contributed by atoms with Gasteiger partial charge in [0.2, 0.25) is 11.4 Å². The maximum Gasteiger partial charge on any atom is 0.219 e. The minimum Gasteiger partial charge on any atom is -0.495 e. The quantitative estimate of drug-likeness (QED) is 0.174. The van der Waals surface area contributed by atoms with Crippen LogP contribution < -0.4 is 9.47 Å². The van der Waals surface area contributed by atoms with Crippen LogP contribution in [0.25, 0.3) is 51.0 Å². The van der Waals surface area contributed by atoms with E-state index in [1.165, 1.54) is 22.7 Å². The lowest BCUT2D eigenvalue weighted by Gasteiger charge is -2.00. The molecule has 0 fully saturated rings. The van der Waals surface area contributed by atoms with E-state index in [0.29, 0.717) is 21.5 Å². The summed E-state index contributed by atoms with van der Waals surface area (Å²) in [7, 11) is 7.29. The molecule has 6 rings (SSSR count). The normalized spacial score (nSPS) is 10.8. The van der Waals surface area contributed by atoms with E-state index in [2.05, 4.69) is 45.3 Å². The molecule has 0 radical (unpaired) electrons. The number of aryl methyl sites for hydroxylation is 2. The Bertz CT molecular complexity index is 2110. The zero-order valence-corrected chi connectivity index (χ0v) is 25.6. The SMILES string of the molecule is COc1cc(N=C(C#N)C#N)sc1-c1cc2c(s1)c1c(c3sc(-c4sc(N=C(C#N)C#N)cc4OC)cc3n1C)n2C. The average molecular weight is 625 g/mol. The first-order valence-electron chi connectivity index (χ1n) is 12.0. The minimum atomic E-state index is -0.204. The molecule has 0 N–H and O–H groups in total. The van der Waals surface area contributed by atoms with Crippen molar-refractivity contribution in [2.45, 2.75) is 0 Å². The van der Waals surface area contributed by atoms with Gasteiger partial charge in [0.1, 0.15) is 45.8 Å². The highest BCUT2D eigenvalue weighted by Gasteiger charge is 2.25. The molecule has 0 saturated carbocycles. The molecule has 0 unspecified atom stereocenters. The van der Waals surface area contributed by atoms with Crippen molar-refractivity contribution in [2.24, 2.45) is 24.1 Å². The van der Waals surface area contributed by atoms with Crippen LogP contribution in [0.5, 0.6) is 11.5 Å². The molecule has 0 bridgehead atoms. The van der Waals surface area contributed by atoms with Crippen molar-refractivity contribution < 1.29 is 9.47 Å². The zero-order valence-electron chi connectivity index (χ0n) is 22.3. The number of methoxy groups -OCH3 is 2.